The van der Waals surface area contributed by atoms with Gasteiger partial charge in [0.05, 0.1) is 11.1 Å². The number of fused-ring (bicyclic) bond motifs is 1. The molecule has 0 aliphatic carbocycles. The molecular formula is C15H17NO2. The highest BCUT2D eigenvalue weighted by Crippen LogP contribution is 2.24. The quantitative estimate of drug-likeness (QED) is 0.895. The summed E-state index contributed by atoms with van der Waals surface area (Å²) in [6, 6.07) is 7.55. The number of hydrogen-bond donors (Lipinski definition) is 1. The van der Waals surface area contributed by atoms with Gasteiger partial charge in [0.1, 0.15) is 0 Å². The fourth-order valence-electron chi connectivity index (χ4n) is 2.02. The van der Waals surface area contributed by atoms with Crippen LogP contribution in [0.3, 0.4) is 0 Å². The van der Waals surface area contributed by atoms with Gasteiger partial charge in [-0.25, -0.2) is 4.79 Å². The summed E-state index contributed by atoms with van der Waals surface area (Å²) in [6.45, 7) is 6.16. The number of nitrogens with zero attached hydrogens (tertiary/aromatic N) is 1. The Labute approximate surface area is 106 Å². The van der Waals surface area contributed by atoms with Crippen molar-refractivity contribution in [3.05, 3.63) is 41.1 Å². The van der Waals surface area contributed by atoms with Crippen LogP contribution in [0.25, 0.3) is 10.9 Å². The summed E-state index contributed by atoms with van der Waals surface area (Å²) < 4.78 is 0. The third kappa shape index (κ3) is 2.21. The molecule has 1 N–H and O–H groups in total. The van der Waals surface area contributed by atoms with Crippen molar-refractivity contribution in [2.24, 2.45) is 0 Å². The number of hydrogen-bond acceptors (Lipinski definition) is 2. The van der Waals surface area contributed by atoms with E-state index in [1.807, 2.05) is 25.1 Å². The first-order chi connectivity index (χ1) is 8.52. The van der Waals surface area contributed by atoms with Crippen LogP contribution in [0, 0.1) is 0 Å². The van der Waals surface area contributed by atoms with Crippen LogP contribution in [0.5, 0.6) is 0 Å². The van der Waals surface area contributed by atoms with E-state index in [0.29, 0.717) is 11.5 Å². The van der Waals surface area contributed by atoms with E-state index in [0.717, 1.165) is 28.6 Å². The van der Waals surface area contributed by atoms with Gasteiger partial charge in [-0.3, -0.25) is 4.98 Å². The molecule has 2 rings (SSSR count). The van der Waals surface area contributed by atoms with Gasteiger partial charge in [0, 0.05) is 11.1 Å². The van der Waals surface area contributed by atoms with Gasteiger partial charge in [-0.05, 0) is 36.1 Å². The van der Waals surface area contributed by atoms with E-state index in [-0.39, 0.29) is 0 Å². The zero-order chi connectivity index (χ0) is 13.3. The summed E-state index contributed by atoms with van der Waals surface area (Å²) >= 11 is 0. The monoisotopic (exact) mass is 243 g/mol. The van der Waals surface area contributed by atoms with Crippen molar-refractivity contribution < 1.29 is 9.90 Å². The largest absolute Gasteiger partial charge is 0.478 e. The number of rotatable bonds is 3. The predicted molar refractivity (Wildman–Crippen MR) is 72.2 cm³/mol. The Balaban J connectivity index is 2.75. The maximum Gasteiger partial charge on any atom is 0.336 e. The Hall–Kier alpha value is -1.90. The van der Waals surface area contributed by atoms with E-state index in [1.54, 1.807) is 6.07 Å². The highest BCUT2D eigenvalue weighted by molar-refractivity contribution is 6.02. The Morgan fingerprint density at radius 3 is 2.61 bits per heavy atom. The van der Waals surface area contributed by atoms with Crippen LogP contribution in [0.2, 0.25) is 0 Å². The normalized spacial score (nSPS) is 11.1. The molecule has 0 fully saturated rings. The molecule has 1 heterocycles. The number of pyridine rings is 1. The molecule has 0 saturated carbocycles. The van der Waals surface area contributed by atoms with E-state index in [2.05, 4.69) is 18.8 Å². The fraction of sp³-hybridized carbons (Fsp3) is 0.333. The molecule has 0 spiro atoms. The van der Waals surface area contributed by atoms with Crippen LogP contribution in [-0.2, 0) is 6.42 Å². The lowest BCUT2D eigenvalue weighted by atomic mass is 9.98. The van der Waals surface area contributed by atoms with Crippen molar-refractivity contribution in [1.29, 1.82) is 0 Å². The molecule has 0 aliphatic heterocycles. The van der Waals surface area contributed by atoms with Crippen molar-refractivity contribution in [3.63, 3.8) is 0 Å². The van der Waals surface area contributed by atoms with Crippen molar-refractivity contribution in [2.45, 2.75) is 33.1 Å². The number of carboxylic acids is 1. The average Bonchev–Trinajstić information content (AvgIpc) is 2.36. The first-order valence-electron chi connectivity index (χ1n) is 6.19. The molecular weight excluding hydrogens is 226 g/mol. The summed E-state index contributed by atoms with van der Waals surface area (Å²) in [5.74, 6) is -0.514. The van der Waals surface area contributed by atoms with Gasteiger partial charge in [-0.2, -0.15) is 0 Å². The Bertz CT molecular complexity index is 603. The van der Waals surface area contributed by atoms with Crippen molar-refractivity contribution in [2.75, 3.05) is 0 Å². The molecule has 0 saturated heterocycles. The first-order valence-corrected chi connectivity index (χ1v) is 6.19. The highest BCUT2D eigenvalue weighted by Gasteiger charge is 2.12. The Kier molecular flexibility index (Phi) is 3.32. The second-order valence-corrected chi connectivity index (χ2v) is 4.75. The minimum atomic E-state index is -0.891. The third-order valence-corrected chi connectivity index (χ3v) is 3.15. The minimum absolute atomic E-state index is 0.347. The molecule has 94 valence electrons. The number of carbonyl (C=O) groups is 1. The van der Waals surface area contributed by atoms with E-state index in [1.165, 1.54) is 0 Å². The summed E-state index contributed by atoms with van der Waals surface area (Å²) in [4.78, 5) is 15.8. The lowest BCUT2D eigenvalue weighted by Crippen LogP contribution is -2.02. The minimum Gasteiger partial charge on any atom is -0.478 e. The maximum absolute atomic E-state index is 11.3. The first kappa shape index (κ1) is 12.6. The highest BCUT2D eigenvalue weighted by atomic mass is 16.4. The van der Waals surface area contributed by atoms with Gasteiger partial charge in [-0.1, -0.05) is 26.8 Å². The van der Waals surface area contributed by atoms with Gasteiger partial charge in [0.2, 0.25) is 0 Å². The number of aromatic nitrogens is 1. The average molecular weight is 243 g/mol. The van der Waals surface area contributed by atoms with Gasteiger partial charge in [-0.15, -0.1) is 0 Å². The smallest absolute Gasteiger partial charge is 0.336 e. The zero-order valence-corrected chi connectivity index (χ0v) is 10.9. The summed E-state index contributed by atoms with van der Waals surface area (Å²) in [5, 5.41) is 10.0. The number of aromatic carboxylic acids is 1. The van der Waals surface area contributed by atoms with E-state index >= 15 is 0 Å². The van der Waals surface area contributed by atoms with Crippen molar-refractivity contribution >= 4 is 16.9 Å². The summed E-state index contributed by atoms with van der Waals surface area (Å²) in [6.07, 6.45) is 0.738. The number of aryl methyl sites for hydroxylation is 1. The van der Waals surface area contributed by atoms with Gasteiger partial charge < -0.3 is 5.11 Å². The second-order valence-electron chi connectivity index (χ2n) is 4.75. The van der Waals surface area contributed by atoms with Crippen LogP contribution in [-0.4, -0.2) is 16.1 Å². The molecule has 0 radical (unpaired) electrons. The van der Waals surface area contributed by atoms with Crippen LogP contribution in [0.15, 0.2) is 24.3 Å². The Morgan fingerprint density at radius 2 is 2.06 bits per heavy atom. The Morgan fingerprint density at radius 1 is 1.33 bits per heavy atom. The predicted octanol–water partition coefficient (Wildman–Crippen LogP) is 3.62. The summed E-state index contributed by atoms with van der Waals surface area (Å²) in [5.41, 5.74) is 3.06. The lowest BCUT2D eigenvalue weighted by Gasteiger charge is -2.10. The molecule has 1 aromatic carbocycles. The molecule has 3 heteroatoms. The standard InChI is InChI=1S/C15H17NO2/c1-4-11-8-13(15(17)18)12-7-10(9(2)3)5-6-14(12)16-11/h5-9H,4H2,1-3H3,(H,17,18). The molecule has 0 unspecified atom stereocenters. The van der Waals surface area contributed by atoms with Gasteiger partial charge >= 0.3 is 5.97 Å². The third-order valence-electron chi connectivity index (χ3n) is 3.15. The molecule has 1 aromatic heterocycles. The molecule has 0 amide bonds. The molecule has 3 nitrogen and oxygen atoms in total. The number of carboxylic acid groups (broad SMARTS) is 1. The molecule has 18 heavy (non-hydrogen) atoms. The molecule has 0 aliphatic rings. The molecule has 0 bridgehead atoms. The van der Waals surface area contributed by atoms with Crippen LogP contribution < -0.4 is 0 Å². The van der Waals surface area contributed by atoms with Gasteiger partial charge in [0.25, 0.3) is 0 Å². The molecule has 2 aromatic rings. The SMILES string of the molecule is CCc1cc(C(=O)O)c2cc(C(C)C)ccc2n1. The summed E-state index contributed by atoms with van der Waals surface area (Å²) in [7, 11) is 0. The lowest BCUT2D eigenvalue weighted by molar-refractivity contribution is 0.0699. The van der Waals surface area contributed by atoms with Crippen LogP contribution in [0.1, 0.15) is 48.3 Å². The maximum atomic E-state index is 11.3. The van der Waals surface area contributed by atoms with Crippen LogP contribution >= 0.6 is 0 Å². The zero-order valence-electron chi connectivity index (χ0n) is 10.9. The van der Waals surface area contributed by atoms with Crippen molar-refractivity contribution in [3.8, 4) is 0 Å². The second kappa shape index (κ2) is 4.77. The fourth-order valence-corrected chi connectivity index (χ4v) is 2.02. The van der Waals surface area contributed by atoms with Crippen molar-refractivity contribution in [1.82, 2.24) is 4.98 Å². The number of benzene rings is 1. The molecule has 0 atom stereocenters. The van der Waals surface area contributed by atoms with E-state index < -0.39 is 5.97 Å². The topological polar surface area (TPSA) is 50.2 Å². The van der Waals surface area contributed by atoms with Crippen LogP contribution in [0.4, 0.5) is 0 Å². The van der Waals surface area contributed by atoms with E-state index in [9.17, 15) is 9.90 Å². The van der Waals surface area contributed by atoms with E-state index in [4.69, 9.17) is 0 Å². The van der Waals surface area contributed by atoms with Gasteiger partial charge in [0.15, 0.2) is 0 Å².